The Bertz CT molecular complexity index is 173. The number of hydrogen-bond acceptors (Lipinski definition) is 2. The average molecular weight is 170 g/mol. The normalized spacial score (nSPS) is 25.9. The van der Waals surface area contributed by atoms with Crippen LogP contribution in [0.5, 0.6) is 0 Å². The summed E-state index contributed by atoms with van der Waals surface area (Å²) in [5, 5.41) is 0. The number of methoxy groups -OCH3 is 1. The van der Waals surface area contributed by atoms with Gasteiger partial charge in [0.1, 0.15) is 5.78 Å². The number of ether oxygens (including phenoxy) is 1. The minimum absolute atomic E-state index is 0.122. The number of Topliss-reactive ketones (excluding diaryl/α,β-unsaturated/α-hetero) is 1. The van der Waals surface area contributed by atoms with Gasteiger partial charge in [0.05, 0.1) is 5.60 Å². The first-order valence-electron chi connectivity index (χ1n) is 4.66. The van der Waals surface area contributed by atoms with Crippen LogP contribution in [0.15, 0.2) is 0 Å². The molecule has 0 aromatic rings. The highest BCUT2D eigenvalue weighted by atomic mass is 16.5. The average Bonchev–Trinajstić information content (AvgIpc) is 2.05. The van der Waals surface area contributed by atoms with Crippen LogP contribution in [-0.4, -0.2) is 18.5 Å². The van der Waals surface area contributed by atoms with Crippen molar-refractivity contribution in [2.24, 2.45) is 5.92 Å². The fourth-order valence-corrected chi connectivity index (χ4v) is 1.86. The fraction of sp³-hybridized carbons (Fsp3) is 0.900. The Balaban J connectivity index is 2.65. The van der Waals surface area contributed by atoms with Crippen LogP contribution in [0.2, 0.25) is 0 Å². The third-order valence-corrected chi connectivity index (χ3v) is 2.92. The maximum atomic E-state index is 11.5. The maximum absolute atomic E-state index is 11.5. The van der Waals surface area contributed by atoms with Crippen molar-refractivity contribution in [3.63, 3.8) is 0 Å². The van der Waals surface area contributed by atoms with Crippen molar-refractivity contribution < 1.29 is 9.53 Å². The summed E-state index contributed by atoms with van der Waals surface area (Å²) in [6.45, 7) is 4.00. The molecule has 1 atom stereocenters. The Hall–Kier alpha value is -0.370. The number of rotatable bonds is 2. The molecular weight excluding hydrogens is 152 g/mol. The van der Waals surface area contributed by atoms with Crippen molar-refractivity contribution in [2.45, 2.75) is 45.1 Å². The van der Waals surface area contributed by atoms with Crippen molar-refractivity contribution in [3.05, 3.63) is 0 Å². The van der Waals surface area contributed by atoms with Crippen LogP contribution >= 0.6 is 0 Å². The first kappa shape index (κ1) is 9.72. The van der Waals surface area contributed by atoms with Gasteiger partial charge in [0.2, 0.25) is 0 Å². The fourth-order valence-electron chi connectivity index (χ4n) is 1.86. The van der Waals surface area contributed by atoms with Crippen LogP contribution in [0.4, 0.5) is 0 Å². The highest BCUT2D eigenvalue weighted by Gasteiger charge is 2.35. The predicted octanol–water partition coefficient (Wildman–Crippen LogP) is 2.17. The van der Waals surface area contributed by atoms with Crippen LogP contribution in [0.3, 0.4) is 0 Å². The number of carbonyl (C=O) groups excluding carboxylic acids is 1. The van der Waals surface area contributed by atoms with Crippen molar-refractivity contribution in [1.29, 1.82) is 0 Å². The molecule has 0 saturated heterocycles. The number of carbonyl (C=O) groups is 1. The van der Waals surface area contributed by atoms with Gasteiger partial charge in [0.25, 0.3) is 0 Å². The van der Waals surface area contributed by atoms with Gasteiger partial charge in [-0.05, 0) is 26.7 Å². The molecule has 2 nitrogen and oxygen atoms in total. The Morgan fingerprint density at radius 2 is 2.08 bits per heavy atom. The summed E-state index contributed by atoms with van der Waals surface area (Å²) >= 11 is 0. The summed E-state index contributed by atoms with van der Waals surface area (Å²) in [6, 6.07) is 0. The summed E-state index contributed by atoms with van der Waals surface area (Å²) in [5.74, 6) is 0.504. The zero-order valence-electron chi connectivity index (χ0n) is 8.22. The van der Waals surface area contributed by atoms with E-state index in [0.717, 1.165) is 19.3 Å². The maximum Gasteiger partial charge on any atom is 0.138 e. The third kappa shape index (κ3) is 1.86. The van der Waals surface area contributed by atoms with Crippen molar-refractivity contribution in [2.75, 3.05) is 7.11 Å². The molecular formula is C10H18O2. The van der Waals surface area contributed by atoms with Crippen molar-refractivity contribution >= 4 is 5.78 Å². The molecule has 0 amide bonds. The smallest absolute Gasteiger partial charge is 0.138 e. The predicted molar refractivity (Wildman–Crippen MR) is 48.1 cm³/mol. The lowest BCUT2D eigenvalue weighted by molar-refractivity contribution is -0.135. The van der Waals surface area contributed by atoms with Gasteiger partial charge in [-0.2, -0.15) is 0 Å². The van der Waals surface area contributed by atoms with E-state index in [-0.39, 0.29) is 11.5 Å². The molecule has 12 heavy (non-hydrogen) atoms. The monoisotopic (exact) mass is 170 g/mol. The number of hydrogen-bond donors (Lipinski definition) is 0. The summed E-state index contributed by atoms with van der Waals surface area (Å²) in [7, 11) is 1.68. The van der Waals surface area contributed by atoms with Gasteiger partial charge in [-0.3, -0.25) is 4.79 Å². The molecule has 0 heterocycles. The summed E-state index contributed by atoms with van der Waals surface area (Å²) in [6.07, 6.45) is 3.98. The van der Waals surface area contributed by atoms with Crippen LogP contribution in [0.25, 0.3) is 0 Å². The van der Waals surface area contributed by atoms with E-state index in [1.165, 1.54) is 6.42 Å². The SMILES string of the molecule is COC(C)(C)C1CCCCC1=O. The lowest BCUT2D eigenvalue weighted by Gasteiger charge is -2.34. The second-order valence-corrected chi connectivity index (χ2v) is 4.07. The van der Waals surface area contributed by atoms with E-state index < -0.39 is 0 Å². The van der Waals surface area contributed by atoms with E-state index in [2.05, 4.69) is 0 Å². The Morgan fingerprint density at radius 1 is 1.42 bits per heavy atom. The molecule has 1 aliphatic rings. The van der Waals surface area contributed by atoms with Gasteiger partial charge < -0.3 is 4.74 Å². The highest BCUT2D eigenvalue weighted by Crippen LogP contribution is 2.31. The largest absolute Gasteiger partial charge is 0.378 e. The Kier molecular flexibility index (Phi) is 2.89. The van der Waals surface area contributed by atoms with Gasteiger partial charge in [-0.1, -0.05) is 6.42 Å². The molecule has 0 radical (unpaired) electrons. The van der Waals surface area contributed by atoms with E-state index in [9.17, 15) is 4.79 Å². The number of ketones is 1. The van der Waals surface area contributed by atoms with Crippen LogP contribution in [-0.2, 0) is 9.53 Å². The van der Waals surface area contributed by atoms with E-state index in [0.29, 0.717) is 5.78 Å². The first-order valence-corrected chi connectivity index (χ1v) is 4.66. The zero-order valence-corrected chi connectivity index (χ0v) is 8.22. The molecule has 1 fully saturated rings. The molecule has 0 aliphatic heterocycles. The lowest BCUT2D eigenvalue weighted by atomic mass is 9.78. The zero-order chi connectivity index (χ0) is 9.19. The Labute approximate surface area is 74.3 Å². The van der Waals surface area contributed by atoms with Gasteiger partial charge in [-0.25, -0.2) is 0 Å². The van der Waals surface area contributed by atoms with E-state index in [1.54, 1.807) is 7.11 Å². The standard InChI is InChI=1S/C10H18O2/c1-10(2,12-3)8-6-4-5-7-9(8)11/h8H,4-7H2,1-3H3. The van der Waals surface area contributed by atoms with Gasteiger partial charge >= 0.3 is 0 Å². The second kappa shape index (κ2) is 3.56. The lowest BCUT2D eigenvalue weighted by Crippen LogP contribution is -2.40. The molecule has 2 heteroatoms. The quantitative estimate of drug-likeness (QED) is 0.635. The molecule has 1 rings (SSSR count). The van der Waals surface area contributed by atoms with Crippen LogP contribution in [0, 0.1) is 5.92 Å². The molecule has 0 N–H and O–H groups in total. The highest BCUT2D eigenvalue weighted by molar-refractivity contribution is 5.82. The molecule has 0 bridgehead atoms. The van der Waals surface area contributed by atoms with Gasteiger partial charge in [0.15, 0.2) is 0 Å². The molecule has 1 aliphatic carbocycles. The molecule has 0 aromatic carbocycles. The summed E-state index contributed by atoms with van der Waals surface area (Å²) < 4.78 is 5.33. The minimum Gasteiger partial charge on any atom is -0.378 e. The first-order chi connectivity index (χ1) is 5.58. The second-order valence-electron chi connectivity index (χ2n) is 4.07. The minimum atomic E-state index is -0.266. The third-order valence-electron chi connectivity index (χ3n) is 2.92. The van der Waals surface area contributed by atoms with E-state index >= 15 is 0 Å². The van der Waals surface area contributed by atoms with E-state index in [4.69, 9.17) is 4.74 Å². The molecule has 70 valence electrons. The van der Waals surface area contributed by atoms with Gasteiger partial charge in [-0.15, -0.1) is 0 Å². The Morgan fingerprint density at radius 3 is 2.58 bits per heavy atom. The molecule has 0 spiro atoms. The van der Waals surface area contributed by atoms with Crippen LogP contribution in [0.1, 0.15) is 39.5 Å². The molecule has 1 unspecified atom stereocenters. The molecule has 0 aromatic heterocycles. The van der Waals surface area contributed by atoms with Crippen molar-refractivity contribution in [1.82, 2.24) is 0 Å². The van der Waals surface area contributed by atoms with Crippen LogP contribution < -0.4 is 0 Å². The van der Waals surface area contributed by atoms with Crippen molar-refractivity contribution in [3.8, 4) is 0 Å². The molecule has 1 saturated carbocycles. The topological polar surface area (TPSA) is 26.3 Å². The van der Waals surface area contributed by atoms with E-state index in [1.807, 2.05) is 13.8 Å². The van der Waals surface area contributed by atoms with Gasteiger partial charge in [0, 0.05) is 19.4 Å². The summed E-state index contributed by atoms with van der Waals surface area (Å²) in [4.78, 5) is 11.5. The summed E-state index contributed by atoms with van der Waals surface area (Å²) in [5.41, 5.74) is -0.266.